The summed E-state index contributed by atoms with van der Waals surface area (Å²) in [5.41, 5.74) is 5.52. The van der Waals surface area contributed by atoms with Gasteiger partial charge in [-0.25, -0.2) is 4.98 Å². The predicted octanol–water partition coefficient (Wildman–Crippen LogP) is 1.18. The quantitative estimate of drug-likeness (QED) is 0.876. The van der Waals surface area contributed by atoms with E-state index in [9.17, 15) is 9.59 Å². The van der Waals surface area contributed by atoms with Crippen molar-refractivity contribution in [2.75, 3.05) is 37.7 Å². The molecule has 3 aliphatic rings. The van der Waals surface area contributed by atoms with Gasteiger partial charge in [0.15, 0.2) is 0 Å². The molecule has 7 nitrogen and oxygen atoms in total. The molecule has 2 amide bonds. The van der Waals surface area contributed by atoms with Gasteiger partial charge in [0.05, 0.1) is 5.41 Å². The summed E-state index contributed by atoms with van der Waals surface area (Å²) in [5, 5.41) is 0. The number of nitrogens with two attached hydrogens (primary N) is 1. The number of carbonyl (C=O) groups is 2. The van der Waals surface area contributed by atoms with Crippen LogP contribution in [0, 0.1) is 5.41 Å². The summed E-state index contributed by atoms with van der Waals surface area (Å²) in [7, 11) is 0. The van der Waals surface area contributed by atoms with E-state index < -0.39 is 5.91 Å². The number of hydrogen-bond donors (Lipinski definition) is 1. The smallest absolute Gasteiger partial charge is 0.248 e. The summed E-state index contributed by atoms with van der Waals surface area (Å²) in [5.74, 6) is 0.570. The third kappa shape index (κ3) is 3.05. The number of anilines is 1. The van der Waals surface area contributed by atoms with Gasteiger partial charge in [0.25, 0.3) is 0 Å². The number of piperidine rings is 1. The first-order valence-corrected chi connectivity index (χ1v) is 9.49. The van der Waals surface area contributed by atoms with Gasteiger partial charge in [0.2, 0.25) is 11.8 Å². The Balaban J connectivity index is 1.51. The van der Waals surface area contributed by atoms with Crippen LogP contribution in [0.4, 0.5) is 5.82 Å². The Morgan fingerprint density at radius 2 is 2.08 bits per heavy atom. The van der Waals surface area contributed by atoms with Crippen LogP contribution >= 0.6 is 0 Å². The van der Waals surface area contributed by atoms with Gasteiger partial charge in [-0.2, -0.15) is 0 Å². The Morgan fingerprint density at radius 3 is 2.85 bits per heavy atom. The monoisotopic (exact) mass is 358 g/mol. The predicted molar refractivity (Wildman–Crippen MR) is 96.8 cm³/mol. The van der Waals surface area contributed by atoms with Crippen LogP contribution in [0.15, 0.2) is 18.3 Å². The van der Waals surface area contributed by atoms with Crippen molar-refractivity contribution in [1.29, 1.82) is 0 Å². The Kier molecular flexibility index (Phi) is 4.56. The van der Waals surface area contributed by atoms with Crippen molar-refractivity contribution in [3.8, 4) is 0 Å². The first-order valence-electron chi connectivity index (χ1n) is 9.49. The fraction of sp³-hybridized carbons (Fsp3) is 0.632. The Labute approximate surface area is 153 Å². The molecule has 1 unspecified atom stereocenters. The molecular weight excluding hydrogens is 332 g/mol. The van der Waals surface area contributed by atoms with E-state index in [1.165, 1.54) is 0 Å². The van der Waals surface area contributed by atoms with Gasteiger partial charge >= 0.3 is 0 Å². The molecule has 0 bridgehead atoms. The van der Waals surface area contributed by atoms with Crippen LogP contribution in [-0.4, -0.2) is 60.6 Å². The van der Waals surface area contributed by atoms with Gasteiger partial charge in [-0.3, -0.25) is 9.59 Å². The maximum absolute atomic E-state index is 13.4. The number of pyridine rings is 1. The third-order valence-corrected chi connectivity index (χ3v) is 6.11. The minimum Gasteiger partial charge on any atom is -0.381 e. The molecule has 0 saturated carbocycles. The first kappa shape index (κ1) is 17.3. The summed E-state index contributed by atoms with van der Waals surface area (Å²) >= 11 is 0. The maximum atomic E-state index is 13.4. The van der Waals surface area contributed by atoms with Crippen LogP contribution in [-0.2, 0) is 9.53 Å². The van der Waals surface area contributed by atoms with Crippen molar-refractivity contribution < 1.29 is 14.3 Å². The lowest BCUT2D eigenvalue weighted by atomic mass is 9.77. The molecule has 140 valence electrons. The van der Waals surface area contributed by atoms with Gasteiger partial charge in [0, 0.05) is 50.7 Å². The van der Waals surface area contributed by atoms with Crippen LogP contribution in [0.2, 0.25) is 0 Å². The van der Waals surface area contributed by atoms with Gasteiger partial charge in [-0.05, 0) is 44.2 Å². The van der Waals surface area contributed by atoms with Gasteiger partial charge in [-0.15, -0.1) is 0 Å². The molecule has 4 rings (SSSR count). The van der Waals surface area contributed by atoms with Gasteiger partial charge < -0.3 is 20.3 Å². The van der Waals surface area contributed by atoms with Gasteiger partial charge in [-0.1, -0.05) is 0 Å². The highest BCUT2D eigenvalue weighted by Crippen LogP contribution is 2.42. The molecule has 1 spiro atoms. The van der Waals surface area contributed by atoms with E-state index in [-0.39, 0.29) is 5.41 Å². The lowest BCUT2D eigenvalue weighted by Crippen LogP contribution is -2.54. The molecule has 3 saturated heterocycles. The zero-order valence-corrected chi connectivity index (χ0v) is 15.0. The topological polar surface area (TPSA) is 88.8 Å². The van der Waals surface area contributed by atoms with E-state index in [2.05, 4.69) is 14.8 Å². The third-order valence-electron chi connectivity index (χ3n) is 6.11. The molecule has 1 atom stereocenters. The molecule has 3 aliphatic heterocycles. The summed E-state index contributed by atoms with van der Waals surface area (Å²) < 4.78 is 5.46. The number of likely N-dealkylation sites (tertiary alicyclic amines) is 1. The molecule has 0 radical (unpaired) electrons. The van der Waals surface area contributed by atoms with Crippen molar-refractivity contribution in [2.45, 2.75) is 38.1 Å². The Bertz CT molecular complexity index is 704. The van der Waals surface area contributed by atoms with Crippen molar-refractivity contribution >= 4 is 17.6 Å². The van der Waals surface area contributed by atoms with E-state index in [1.807, 2.05) is 0 Å². The highest BCUT2D eigenvalue weighted by Gasteiger charge is 2.50. The van der Waals surface area contributed by atoms with E-state index in [0.29, 0.717) is 24.1 Å². The second-order valence-electron chi connectivity index (χ2n) is 7.66. The Hall–Kier alpha value is -2.15. The number of aromatic nitrogens is 1. The number of primary amides is 1. The summed E-state index contributed by atoms with van der Waals surface area (Å²) in [4.78, 5) is 33.4. The number of amides is 2. The molecule has 3 fully saturated rings. The zero-order chi connectivity index (χ0) is 18.1. The van der Waals surface area contributed by atoms with Crippen molar-refractivity contribution in [3.63, 3.8) is 0 Å². The number of hydrogen-bond acceptors (Lipinski definition) is 5. The van der Waals surface area contributed by atoms with Gasteiger partial charge in [0.1, 0.15) is 5.82 Å². The van der Waals surface area contributed by atoms with Crippen molar-refractivity contribution in [3.05, 3.63) is 23.9 Å². The lowest BCUT2D eigenvalue weighted by molar-refractivity contribution is -0.149. The number of carbonyl (C=O) groups excluding carboxylic acids is 2. The van der Waals surface area contributed by atoms with Crippen LogP contribution in [0.1, 0.15) is 42.5 Å². The molecule has 1 aromatic heterocycles. The fourth-order valence-electron chi connectivity index (χ4n) is 4.64. The average Bonchev–Trinajstić information content (AvgIpc) is 3.10. The molecule has 2 N–H and O–H groups in total. The number of ether oxygens (including phenoxy) is 1. The normalized spacial score (nSPS) is 27.3. The zero-order valence-electron chi connectivity index (χ0n) is 15.0. The molecule has 1 aromatic rings. The minimum atomic E-state index is -0.456. The van der Waals surface area contributed by atoms with Crippen LogP contribution < -0.4 is 10.6 Å². The molecule has 4 heterocycles. The standard InChI is InChI=1S/C19H26N4O3/c20-17(24)14-2-7-21-16(12-14)22-9-6-19(13-22)5-1-8-23(18(19)25)15-3-10-26-11-4-15/h2,7,12,15H,1,3-6,8-11,13H2,(H2,20,24). The van der Waals surface area contributed by atoms with Crippen LogP contribution in [0.3, 0.4) is 0 Å². The van der Waals surface area contributed by atoms with Crippen molar-refractivity contribution in [2.24, 2.45) is 11.1 Å². The molecule has 0 aliphatic carbocycles. The lowest BCUT2D eigenvalue weighted by Gasteiger charge is -2.44. The number of nitrogens with zero attached hydrogens (tertiary/aromatic N) is 3. The Morgan fingerprint density at radius 1 is 1.27 bits per heavy atom. The summed E-state index contributed by atoms with van der Waals surface area (Å²) in [6, 6.07) is 3.67. The molecule has 0 aromatic carbocycles. The van der Waals surface area contributed by atoms with E-state index >= 15 is 0 Å². The average molecular weight is 358 g/mol. The SMILES string of the molecule is NC(=O)c1ccnc(N2CCC3(CCCN(C4CCOCC4)C3=O)C2)c1. The fourth-order valence-corrected chi connectivity index (χ4v) is 4.64. The van der Waals surface area contributed by atoms with E-state index in [1.54, 1.807) is 18.3 Å². The molecule has 26 heavy (non-hydrogen) atoms. The number of rotatable bonds is 3. The second kappa shape index (κ2) is 6.87. The second-order valence-corrected chi connectivity index (χ2v) is 7.66. The molecular formula is C19H26N4O3. The van der Waals surface area contributed by atoms with Crippen LogP contribution in [0.5, 0.6) is 0 Å². The highest BCUT2D eigenvalue weighted by molar-refractivity contribution is 5.93. The summed E-state index contributed by atoms with van der Waals surface area (Å²) in [6.07, 6.45) is 6.30. The van der Waals surface area contributed by atoms with Crippen molar-refractivity contribution in [1.82, 2.24) is 9.88 Å². The minimum absolute atomic E-state index is 0.296. The molecule has 7 heteroatoms. The largest absolute Gasteiger partial charge is 0.381 e. The van der Waals surface area contributed by atoms with E-state index in [4.69, 9.17) is 10.5 Å². The van der Waals surface area contributed by atoms with Crippen LogP contribution in [0.25, 0.3) is 0 Å². The summed E-state index contributed by atoms with van der Waals surface area (Å²) in [6.45, 7) is 3.80. The first-order chi connectivity index (χ1) is 12.6. The highest BCUT2D eigenvalue weighted by atomic mass is 16.5. The van der Waals surface area contributed by atoms with E-state index in [0.717, 1.165) is 64.2 Å². The maximum Gasteiger partial charge on any atom is 0.248 e.